The number of aryl methyl sites for hydroxylation is 2. The topological polar surface area (TPSA) is 196 Å². The van der Waals surface area contributed by atoms with E-state index < -0.39 is 24.1 Å². The predicted octanol–water partition coefficient (Wildman–Crippen LogP) is 6.17. The Morgan fingerprint density at radius 1 is 0.680 bits per heavy atom. The number of fused-ring (bicyclic) bond motifs is 8. The molecule has 7 N–H and O–H groups in total. The summed E-state index contributed by atoms with van der Waals surface area (Å²) in [5.41, 5.74) is 11.7. The number of carbonyl (C=O) groups is 2. The lowest BCUT2D eigenvalue weighted by molar-refractivity contribution is -0.137. The predicted molar refractivity (Wildman–Crippen MR) is 196 cm³/mol. The zero-order chi connectivity index (χ0) is 37.0. The van der Waals surface area contributed by atoms with Gasteiger partial charge in [0.2, 0.25) is 0 Å². The number of aliphatic hydroxyl groups excluding tert-OH is 3. The maximum atomic E-state index is 11.6. The van der Waals surface area contributed by atoms with Gasteiger partial charge in [0.25, 0.3) is 0 Å². The minimum Gasteiger partial charge on any atom is -0.481 e. The van der Waals surface area contributed by atoms with Gasteiger partial charge in [-0.15, -0.1) is 0 Å². The molecule has 268 valence electrons. The van der Waals surface area contributed by atoms with Gasteiger partial charge in [0, 0.05) is 52.6 Å². The summed E-state index contributed by atoms with van der Waals surface area (Å²) in [6.45, 7) is 12.1. The van der Waals surface area contributed by atoms with E-state index in [-0.39, 0.29) is 32.3 Å². The first-order chi connectivity index (χ1) is 23.5. The molecule has 5 heterocycles. The van der Waals surface area contributed by atoms with Crippen molar-refractivity contribution in [3.8, 4) is 0 Å². The van der Waals surface area contributed by atoms with Crippen LogP contribution in [0.2, 0.25) is 0 Å². The summed E-state index contributed by atoms with van der Waals surface area (Å²) in [6, 6.07) is 7.51. The van der Waals surface area contributed by atoms with Crippen LogP contribution in [-0.2, 0) is 9.59 Å². The van der Waals surface area contributed by atoms with Gasteiger partial charge in [-0.2, -0.15) is 0 Å². The number of allylic oxidation sites excluding steroid dienone is 4. The average Bonchev–Trinajstić information content (AvgIpc) is 3.68. The lowest BCUT2D eigenvalue weighted by Crippen LogP contribution is -2.15. The summed E-state index contributed by atoms with van der Waals surface area (Å²) in [5, 5.41) is 48.7. The highest BCUT2D eigenvalue weighted by Gasteiger charge is 2.23. The average molecular weight is 688 g/mol. The van der Waals surface area contributed by atoms with E-state index >= 15 is 0 Å². The van der Waals surface area contributed by atoms with Gasteiger partial charge in [-0.3, -0.25) is 9.59 Å². The van der Waals surface area contributed by atoms with Crippen LogP contribution in [0.1, 0.15) is 111 Å². The van der Waals surface area contributed by atoms with E-state index in [4.69, 9.17) is 15.1 Å². The molecule has 12 nitrogen and oxygen atoms in total. The molecular formula is C38H49N5O7. The number of aliphatic carboxylic acids is 2. The van der Waals surface area contributed by atoms with Gasteiger partial charge >= 0.3 is 11.9 Å². The van der Waals surface area contributed by atoms with Crippen LogP contribution in [0.4, 0.5) is 0 Å². The number of rotatable bonds is 10. The van der Waals surface area contributed by atoms with Gasteiger partial charge in [-0.25, -0.2) is 9.97 Å². The molecule has 5 rings (SSSR count). The van der Waals surface area contributed by atoms with Crippen molar-refractivity contribution in [1.29, 1.82) is 0 Å². The van der Waals surface area contributed by atoms with E-state index in [1.165, 1.54) is 0 Å². The Balaban J connectivity index is 0.000000860. The highest BCUT2D eigenvalue weighted by Crippen LogP contribution is 2.38. The summed E-state index contributed by atoms with van der Waals surface area (Å²) in [7, 11) is 3.85. The Labute approximate surface area is 291 Å². The van der Waals surface area contributed by atoms with Gasteiger partial charge in [0.1, 0.15) is 0 Å². The molecule has 0 aliphatic carbocycles. The van der Waals surface area contributed by atoms with Crippen molar-refractivity contribution >= 4 is 56.3 Å². The summed E-state index contributed by atoms with van der Waals surface area (Å²) < 4.78 is 0. The third-order valence-electron chi connectivity index (χ3n) is 9.19. The normalized spacial score (nSPS) is 14.2. The summed E-state index contributed by atoms with van der Waals surface area (Å²) in [6.07, 6.45) is -1.18. The fraction of sp³-hybridized carbons (Fsp3) is 0.421. The fourth-order valence-electron chi connectivity index (χ4n) is 6.52. The molecule has 0 aromatic carbocycles. The highest BCUT2D eigenvalue weighted by molar-refractivity contribution is 5.96. The van der Waals surface area contributed by atoms with Crippen molar-refractivity contribution in [3.63, 3.8) is 0 Å². The van der Waals surface area contributed by atoms with E-state index in [2.05, 4.69) is 9.97 Å². The van der Waals surface area contributed by atoms with Crippen LogP contribution in [0.5, 0.6) is 0 Å². The Kier molecular flexibility index (Phi) is 12.2. The first kappa shape index (κ1) is 38.2. The number of hydrogen-bond donors (Lipinski definition) is 7. The van der Waals surface area contributed by atoms with Crippen LogP contribution in [-0.4, -0.2) is 89.6 Å². The number of H-pyrrole nitrogens is 2. The first-order valence-corrected chi connectivity index (χ1v) is 16.7. The smallest absolute Gasteiger partial charge is 0.303 e. The van der Waals surface area contributed by atoms with Crippen molar-refractivity contribution < 1.29 is 35.1 Å². The molecule has 0 saturated carbocycles. The van der Waals surface area contributed by atoms with Crippen LogP contribution in [0.25, 0.3) is 44.4 Å². The molecule has 3 aromatic rings. The lowest BCUT2D eigenvalue weighted by Gasteiger charge is -2.05. The van der Waals surface area contributed by atoms with Gasteiger partial charge in [0.15, 0.2) is 0 Å². The zero-order valence-electron chi connectivity index (χ0n) is 30.1. The van der Waals surface area contributed by atoms with E-state index in [9.17, 15) is 30.0 Å². The molecular weight excluding hydrogens is 638 g/mol. The maximum absolute atomic E-state index is 11.6. The second-order valence-electron chi connectivity index (χ2n) is 13.2. The molecule has 0 fully saturated rings. The number of hydrogen-bond acceptors (Lipinski definition) is 8. The number of aromatic nitrogens is 4. The Morgan fingerprint density at radius 2 is 1.08 bits per heavy atom. The quantitative estimate of drug-likeness (QED) is 0.129. The molecule has 50 heavy (non-hydrogen) atoms. The maximum Gasteiger partial charge on any atom is 0.303 e. The van der Waals surface area contributed by atoms with E-state index in [0.29, 0.717) is 39.4 Å². The standard InChI is InChI=1S/C34H38N4O6.C4H11NO/c1-15-21(7-9-31(41)42)27-14-28-22(8-10-32(43)44)16(2)24(36-28)12-29-34(20(6)40)18(4)26(38-29)13-30-33(19(5)39)17(3)25(37-30)11-23(15)35-27;1-5(2)3-4-6/h11-14,19-20,37-40H,7-10H2,1-6H3,(H,41,42)(H,43,44);6H,3-4H2,1-2H3. The van der Waals surface area contributed by atoms with Crippen molar-refractivity contribution in [2.24, 2.45) is 0 Å². The number of nitrogens with one attached hydrogen (secondary N) is 2. The van der Waals surface area contributed by atoms with E-state index in [1.54, 1.807) is 13.8 Å². The number of nitrogens with zero attached hydrogens (tertiary/aromatic N) is 3. The Hall–Kier alpha value is -4.62. The lowest BCUT2D eigenvalue weighted by atomic mass is 9.98. The van der Waals surface area contributed by atoms with Gasteiger partial charge in [-0.05, 0) is 126 Å². The van der Waals surface area contributed by atoms with Crippen molar-refractivity contribution in [2.45, 2.75) is 79.4 Å². The molecule has 2 unspecified atom stereocenters. The van der Waals surface area contributed by atoms with Crippen LogP contribution in [0.15, 0.2) is 24.3 Å². The molecule has 0 amide bonds. The van der Waals surface area contributed by atoms with Gasteiger partial charge in [-0.1, -0.05) is 0 Å². The molecule has 0 spiro atoms. The Morgan fingerprint density at radius 3 is 1.44 bits per heavy atom. The highest BCUT2D eigenvalue weighted by atomic mass is 16.4. The van der Waals surface area contributed by atoms with Crippen LogP contribution >= 0.6 is 0 Å². The third-order valence-corrected chi connectivity index (χ3v) is 9.19. The monoisotopic (exact) mass is 687 g/mol. The number of likely N-dealkylation sites (N-methyl/N-ethyl adjacent to an activating group) is 1. The van der Waals surface area contributed by atoms with Crippen molar-refractivity contribution in [3.05, 3.63) is 69.3 Å². The summed E-state index contributed by atoms with van der Waals surface area (Å²) in [5.74, 6) is -1.84. The van der Waals surface area contributed by atoms with Crippen LogP contribution in [0.3, 0.4) is 0 Å². The largest absolute Gasteiger partial charge is 0.481 e. The summed E-state index contributed by atoms with van der Waals surface area (Å²) >= 11 is 0. The second-order valence-corrected chi connectivity index (χ2v) is 13.2. The van der Waals surface area contributed by atoms with Crippen molar-refractivity contribution in [2.75, 3.05) is 27.2 Å². The number of carboxylic acid groups (broad SMARTS) is 2. The number of aromatic amines is 2. The molecule has 2 atom stereocenters. The SMILES string of the molecule is CC1=C(CCC(=O)O)c2cc3nc(cc4[nH]c(cc5[nH]c(cc1n2)c(C)c5C(C)O)c(C)c4C(C)O)C(C)=C3CCC(=O)O.CN(C)CCO. The fourth-order valence-corrected chi connectivity index (χ4v) is 6.52. The van der Waals surface area contributed by atoms with Crippen molar-refractivity contribution in [1.82, 2.24) is 24.8 Å². The van der Waals surface area contributed by atoms with Gasteiger partial charge in [0.05, 0.1) is 41.6 Å². The van der Waals surface area contributed by atoms with Crippen LogP contribution in [0, 0.1) is 13.8 Å². The molecule has 2 aliphatic heterocycles. The molecule has 0 radical (unpaired) electrons. The second kappa shape index (κ2) is 15.9. The molecule has 0 saturated heterocycles. The molecule has 12 heteroatoms. The van der Waals surface area contributed by atoms with E-state index in [0.717, 1.165) is 56.6 Å². The van der Waals surface area contributed by atoms with Crippen LogP contribution < -0.4 is 0 Å². The molecule has 2 aliphatic rings. The number of aliphatic hydroxyl groups is 3. The Bertz CT molecular complexity index is 2010. The number of carboxylic acids is 2. The van der Waals surface area contributed by atoms with E-state index in [1.807, 2.05) is 71.0 Å². The minimum atomic E-state index is -0.921. The molecule has 8 bridgehead atoms. The summed E-state index contributed by atoms with van der Waals surface area (Å²) in [4.78, 5) is 41.8. The van der Waals surface area contributed by atoms with Gasteiger partial charge < -0.3 is 40.4 Å². The molecule has 3 aromatic heterocycles. The first-order valence-electron chi connectivity index (χ1n) is 16.7. The minimum absolute atomic E-state index is 0.0750. The third kappa shape index (κ3) is 8.39. The zero-order valence-corrected chi connectivity index (χ0v) is 30.1.